The number of halogens is 1. The van der Waals surface area contributed by atoms with Crippen LogP contribution in [0.1, 0.15) is 22.2 Å². The van der Waals surface area contributed by atoms with Gasteiger partial charge in [0.2, 0.25) is 0 Å². The molecule has 15 heavy (non-hydrogen) atoms. The lowest BCUT2D eigenvalue weighted by Gasteiger charge is -2.22. The van der Waals surface area contributed by atoms with Crippen LogP contribution >= 0.6 is 27.3 Å². The van der Waals surface area contributed by atoms with Gasteiger partial charge in [-0.25, -0.2) is 0 Å². The van der Waals surface area contributed by atoms with Gasteiger partial charge in [-0.2, -0.15) is 0 Å². The molecule has 0 radical (unpaired) electrons. The normalized spacial score (nSPS) is 20.2. The minimum absolute atomic E-state index is 0.236. The minimum atomic E-state index is 0.236. The molecule has 2 aromatic rings. The number of hydrogen-bond acceptors (Lipinski definition) is 3. The zero-order chi connectivity index (χ0) is 10.3. The van der Waals surface area contributed by atoms with Crippen molar-refractivity contribution in [1.29, 1.82) is 0 Å². The van der Waals surface area contributed by atoms with Crippen molar-refractivity contribution in [1.82, 2.24) is 5.32 Å². The van der Waals surface area contributed by atoms with Crippen LogP contribution in [0.5, 0.6) is 0 Å². The summed E-state index contributed by atoms with van der Waals surface area (Å²) in [5.74, 6) is 0.991. The molecule has 0 bridgehead atoms. The smallest absolute Gasteiger partial charge is 0.169 e. The standard InChI is InChI=1S/C11H10BrNOS/c12-9-2-1-8(14-9)10-11-7(3-5-13-10)4-6-15-11/h1-2,4,6,10,13H,3,5H2. The summed E-state index contributed by atoms with van der Waals surface area (Å²) in [6, 6.07) is 6.42. The molecular weight excluding hydrogens is 274 g/mol. The van der Waals surface area contributed by atoms with E-state index in [2.05, 4.69) is 32.7 Å². The predicted octanol–water partition coefficient (Wildman–Crippen LogP) is 3.34. The number of rotatable bonds is 1. The van der Waals surface area contributed by atoms with Gasteiger partial charge in [0.25, 0.3) is 0 Å². The second kappa shape index (κ2) is 3.77. The molecule has 1 aliphatic heterocycles. The van der Waals surface area contributed by atoms with Gasteiger partial charge in [0.15, 0.2) is 4.67 Å². The van der Waals surface area contributed by atoms with Crippen LogP contribution in [-0.4, -0.2) is 6.54 Å². The van der Waals surface area contributed by atoms with Crippen LogP contribution in [0.25, 0.3) is 0 Å². The molecule has 1 atom stereocenters. The van der Waals surface area contributed by atoms with Crippen LogP contribution in [0.2, 0.25) is 0 Å². The van der Waals surface area contributed by atoms with Crippen molar-refractivity contribution in [2.45, 2.75) is 12.5 Å². The van der Waals surface area contributed by atoms with Crippen molar-refractivity contribution in [3.8, 4) is 0 Å². The van der Waals surface area contributed by atoms with Gasteiger partial charge in [0.05, 0.1) is 0 Å². The summed E-state index contributed by atoms with van der Waals surface area (Å²) in [5.41, 5.74) is 1.45. The number of nitrogens with one attached hydrogen (secondary N) is 1. The first-order chi connectivity index (χ1) is 7.34. The molecule has 0 saturated heterocycles. The molecule has 0 saturated carbocycles. The number of thiophene rings is 1. The van der Waals surface area contributed by atoms with Crippen molar-refractivity contribution in [2.75, 3.05) is 6.54 Å². The van der Waals surface area contributed by atoms with Crippen molar-refractivity contribution < 1.29 is 4.42 Å². The monoisotopic (exact) mass is 283 g/mol. The molecule has 2 aromatic heterocycles. The summed E-state index contributed by atoms with van der Waals surface area (Å²) in [5, 5.41) is 5.64. The summed E-state index contributed by atoms with van der Waals surface area (Å²) in [6.07, 6.45) is 1.12. The van der Waals surface area contributed by atoms with E-state index in [1.54, 1.807) is 11.3 Å². The molecule has 3 rings (SSSR count). The first kappa shape index (κ1) is 9.63. The van der Waals surface area contributed by atoms with Crippen LogP contribution in [0.15, 0.2) is 32.7 Å². The van der Waals surface area contributed by atoms with Crippen molar-refractivity contribution >= 4 is 27.3 Å². The lowest BCUT2D eigenvalue weighted by molar-refractivity contribution is 0.427. The lowest BCUT2D eigenvalue weighted by atomic mass is 10.0. The Balaban J connectivity index is 2.02. The summed E-state index contributed by atoms with van der Waals surface area (Å²) in [4.78, 5) is 1.39. The summed E-state index contributed by atoms with van der Waals surface area (Å²) in [7, 11) is 0. The Bertz CT molecular complexity index is 476. The number of fused-ring (bicyclic) bond motifs is 1. The molecule has 2 nitrogen and oxygen atoms in total. The highest BCUT2D eigenvalue weighted by Crippen LogP contribution is 2.34. The van der Waals surface area contributed by atoms with Gasteiger partial charge < -0.3 is 9.73 Å². The molecule has 1 unspecified atom stereocenters. The zero-order valence-corrected chi connectivity index (χ0v) is 10.4. The van der Waals surface area contributed by atoms with E-state index in [4.69, 9.17) is 4.42 Å². The maximum absolute atomic E-state index is 5.61. The fourth-order valence-corrected chi connectivity index (χ4v) is 3.32. The van der Waals surface area contributed by atoms with E-state index in [0.29, 0.717) is 0 Å². The number of hydrogen-bond donors (Lipinski definition) is 1. The minimum Gasteiger partial charge on any atom is -0.452 e. The molecule has 3 heterocycles. The highest BCUT2D eigenvalue weighted by molar-refractivity contribution is 9.10. The summed E-state index contributed by atoms with van der Waals surface area (Å²) < 4.78 is 6.40. The van der Waals surface area contributed by atoms with Crippen LogP contribution in [0.4, 0.5) is 0 Å². The molecule has 0 spiro atoms. The highest BCUT2D eigenvalue weighted by atomic mass is 79.9. The van der Waals surface area contributed by atoms with E-state index in [9.17, 15) is 0 Å². The Morgan fingerprint density at radius 3 is 3.13 bits per heavy atom. The van der Waals surface area contributed by atoms with Crippen LogP contribution in [0, 0.1) is 0 Å². The maximum atomic E-state index is 5.61. The SMILES string of the molecule is Brc1ccc(C2NCCc3ccsc32)o1. The Morgan fingerprint density at radius 1 is 1.40 bits per heavy atom. The largest absolute Gasteiger partial charge is 0.452 e. The first-order valence-corrected chi connectivity index (χ1v) is 6.57. The van der Waals surface area contributed by atoms with E-state index >= 15 is 0 Å². The predicted molar refractivity (Wildman–Crippen MR) is 64.3 cm³/mol. The third kappa shape index (κ3) is 1.67. The van der Waals surface area contributed by atoms with Gasteiger partial charge in [-0.1, -0.05) is 0 Å². The van der Waals surface area contributed by atoms with Gasteiger partial charge in [-0.05, 0) is 51.5 Å². The fraction of sp³-hybridized carbons (Fsp3) is 0.273. The Labute approximate surface area is 100 Å². The number of furan rings is 1. The molecule has 1 N–H and O–H groups in total. The Kier molecular flexibility index (Phi) is 2.42. The first-order valence-electron chi connectivity index (χ1n) is 4.89. The molecule has 0 aromatic carbocycles. The van der Waals surface area contributed by atoms with E-state index in [1.807, 2.05) is 12.1 Å². The molecular formula is C11H10BrNOS. The fourth-order valence-electron chi connectivity index (χ4n) is 1.96. The summed E-state index contributed by atoms with van der Waals surface area (Å²) >= 11 is 5.14. The molecule has 78 valence electrons. The van der Waals surface area contributed by atoms with Crippen LogP contribution in [-0.2, 0) is 6.42 Å². The average Bonchev–Trinajstić information content (AvgIpc) is 2.84. The topological polar surface area (TPSA) is 25.2 Å². The van der Waals surface area contributed by atoms with Gasteiger partial charge >= 0.3 is 0 Å². The van der Waals surface area contributed by atoms with Crippen molar-refractivity contribution in [2.24, 2.45) is 0 Å². The lowest BCUT2D eigenvalue weighted by Crippen LogP contribution is -2.28. The van der Waals surface area contributed by atoms with Gasteiger partial charge in [0, 0.05) is 11.4 Å². The van der Waals surface area contributed by atoms with E-state index in [1.165, 1.54) is 10.4 Å². The molecule has 0 fully saturated rings. The van der Waals surface area contributed by atoms with E-state index in [0.717, 1.165) is 23.4 Å². The zero-order valence-electron chi connectivity index (χ0n) is 8.00. The second-order valence-corrected chi connectivity index (χ2v) is 5.32. The molecule has 1 aliphatic rings. The van der Waals surface area contributed by atoms with Crippen molar-refractivity contribution in [3.63, 3.8) is 0 Å². The van der Waals surface area contributed by atoms with E-state index in [-0.39, 0.29) is 6.04 Å². The van der Waals surface area contributed by atoms with Gasteiger partial charge in [-0.3, -0.25) is 0 Å². The molecule has 0 amide bonds. The molecule has 0 aliphatic carbocycles. The van der Waals surface area contributed by atoms with Gasteiger partial charge in [0.1, 0.15) is 11.8 Å². The average molecular weight is 284 g/mol. The Hall–Kier alpha value is -0.580. The third-order valence-electron chi connectivity index (χ3n) is 2.66. The summed E-state index contributed by atoms with van der Waals surface area (Å²) in [6.45, 7) is 1.02. The highest BCUT2D eigenvalue weighted by Gasteiger charge is 2.24. The Morgan fingerprint density at radius 2 is 2.33 bits per heavy atom. The van der Waals surface area contributed by atoms with E-state index < -0.39 is 0 Å². The maximum Gasteiger partial charge on any atom is 0.169 e. The quantitative estimate of drug-likeness (QED) is 0.869. The van der Waals surface area contributed by atoms with Gasteiger partial charge in [-0.15, -0.1) is 11.3 Å². The van der Waals surface area contributed by atoms with Crippen LogP contribution < -0.4 is 5.32 Å². The molecule has 4 heteroatoms. The third-order valence-corrected chi connectivity index (χ3v) is 4.11. The second-order valence-electron chi connectivity index (χ2n) is 3.59. The van der Waals surface area contributed by atoms with Crippen LogP contribution in [0.3, 0.4) is 0 Å². The van der Waals surface area contributed by atoms with Crippen molar-refractivity contribution in [3.05, 3.63) is 44.4 Å².